The number of amides is 1. The smallest absolute Gasteiger partial charge is 0.265 e. The van der Waals surface area contributed by atoms with Crippen molar-refractivity contribution >= 4 is 11.6 Å². The number of nitrogens with zero attached hydrogens (tertiary/aromatic N) is 2. The number of anilines is 1. The maximum atomic E-state index is 13.0. The molecule has 2 heterocycles. The molecule has 0 bridgehead atoms. The van der Waals surface area contributed by atoms with Crippen molar-refractivity contribution < 1.29 is 23.7 Å². The summed E-state index contributed by atoms with van der Waals surface area (Å²) in [5.74, 6) is 2.35. The van der Waals surface area contributed by atoms with E-state index in [1.165, 1.54) is 0 Å². The fourth-order valence-corrected chi connectivity index (χ4v) is 2.95. The zero-order valence-electron chi connectivity index (χ0n) is 15.9. The molecule has 0 fully saturated rings. The van der Waals surface area contributed by atoms with E-state index >= 15 is 0 Å². The molecule has 4 rings (SSSR count). The number of aromatic nitrogens is 1. The first kappa shape index (κ1) is 18.6. The number of pyridine rings is 1. The summed E-state index contributed by atoms with van der Waals surface area (Å²) in [5.41, 5.74) is 1.66. The predicted octanol–water partition coefficient (Wildman–Crippen LogP) is 3.43. The van der Waals surface area contributed by atoms with Crippen LogP contribution in [0.25, 0.3) is 0 Å². The van der Waals surface area contributed by atoms with Crippen molar-refractivity contribution in [3.63, 3.8) is 0 Å². The Morgan fingerprint density at radius 3 is 2.62 bits per heavy atom. The van der Waals surface area contributed by atoms with E-state index in [-0.39, 0.29) is 19.3 Å². The highest BCUT2D eigenvalue weighted by molar-refractivity contribution is 5.94. The van der Waals surface area contributed by atoms with Crippen molar-refractivity contribution in [2.24, 2.45) is 0 Å². The summed E-state index contributed by atoms with van der Waals surface area (Å²) in [6.07, 6.45) is 3.44. The first-order valence-corrected chi connectivity index (χ1v) is 9.09. The van der Waals surface area contributed by atoms with Gasteiger partial charge >= 0.3 is 0 Å². The van der Waals surface area contributed by atoms with Crippen LogP contribution in [0.1, 0.15) is 5.56 Å². The first-order chi connectivity index (χ1) is 14.2. The lowest BCUT2D eigenvalue weighted by Crippen LogP contribution is -2.34. The molecule has 3 aromatic rings. The average molecular weight is 392 g/mol. The fourth-order valence-electron chi connectivity index (χ4n) is 2.95. The molecular formula is C22H20N2O5. The molecular weight excluding hydrogens is 372 g/mol. The van der Waals surface area contributed by atoms with Crippen LogP contribution >= 0.6 is 0 Å². The molecule has 0 N–H and O–H groups in total. The first-order valence-electron chi connectivity index (χ1n) is 9.09. The fraction of sp³-hybridized carbons (Fsp3) is 0.182. The van der Waals surface area contributed by atoms with Crippen LogP contribution in [0.4, 0.5) is 5.69 Å². The quantitative estimate of drug-likeness (QED) is 0.614. The number of benzene rings is 2. The molecule has 0 saturated carbocycles. The minimum Gasteiger partial charge on any atom is -0.497 e. The van der Waals surface area contributed by atoms with E-state index in [0.29, 0.717) is 23.8 Å². The Hall–Kier alpha value is -3.74. The number of rotatable bonds is 7. The van der Waals surface area contributed by atoms with Gasteiger partial charge in [-0.3, -0.25) is 9.78 Å². The van der Waals surface area contributed by atoms with E-state index in [0.717, 1.165) is 17.0 Å². The van der Waals surface area contributed by atoms with Crippen molar-refractivity contribution in [3.05, 3.63) is 72.6 Å². The maximum absolute atomic E-state index is 13.0. The lowest BCUT2D eigenvalue weighted by Gasteiger charge is -2.23. The standard InChI is InChI=1S/C22H20N2O5/c1-26-18-6-4-17(5-7-18)24(13-16-3-2-10-23-12-16)22(25)14-27-19-8-9-20-21(11-19)29-15-28-20/h2-12H,13-15H2,1H3. The van der Waals surface area contributed by atoms with Gasteiger partial charge in [0.15, 0.2) is 18.1 Å². The van der Waals surface area contributed by atoms with Crippen molar-refractivity contribution in [1.82, 2.24) is 4.98 Å². The summed E-state index contributed by atoms with van der Waals surface area (Å²) >= 11 is 0. The van der Waals surface area contributed by atoms with Gasteiger partial charge in [-0.25, -0.2) is 0 Å². The second-order valence-corrected chi connectivity index (χ2v) is 6.34. The van der Waals surface area contributed by atoms with Crippen LogP contribution in [-0.4, -0.2) is 31.4 Å². The number of hydrogen-bond acceptors (Lipinski definition) is 6. The number of fused-ring (bicyclic) bond motifs is 1. The van der Waals surface area contributed by atoms with Crippen molar-refractivity contribution in [2.75, 3.05) is 25.4 Å². The Labute approximate surface area is 168 Å². The highest BCUT2D eigenvalue weighted by atomic mass is 16.7. The van der Waals surface area contributed by atoms with E-state index < -0.39 is 0 Å². The van der Waals surface area contributed by atoms with Gasteiger partial charge in [-0.15, -0.1) is 0 Å². The zero-order valence-corrected chi connectivity index (χ0v) is 15.9. The SMILES string of the molecule is COc1ccc(N(Cc2cccnc2)C(=O)COc2ccc3c(c2)OCO3)cc1. The number of hydrogen-bond donors (Lipinski definition) is 0. The Morgan fingerprint density at radius 2 is 1.86 bits per heavy atom. The zero-order chi connectivity index (χ0) is 20.1. The summed E-state index contributed by atoms with van der Waals surface area (Å²) in [6.45, 7) is 0.448. The molecule has 7 nitrogen and oxygen atoms in total. The van der Waals surface area contributed by atoms with Crippen LogP contribution in [0.3, 0.4) is 0 Å². The highest BCUT2D eigenvalue weighted by Crippen LogP contribution is 2.35. The van der Waals surface area contributed by atoms with E-state index in [4.69, 9.17) is 18.9 Å². The van der Waals surface area contributed by atoms with Gasteiger partial charge in [0.1, 0.15) is 11.5 Å². The van der Waals surface area contributed by atoms with Crippen LogP contribution in [0.5, 0.6) is 23.0 Å². The van der Waals surface area contributed by atoms with Gasteiger partial charge in [-0.05, 0) is 48.0 Å². The van der Waals surface area contributed by atoms with Crippen LogP contribution in [0, 0.1) is 0 Å². The predicted molar refractivity (Wildman–Crippen MR) is 106 cm³/mol. The average Bonchev–Trinajstić information content (AvgIpc) is 3.24. The van der Waals surface area contributed by atoms with Gasteiger partial charge in [-0.1, -0.05) is 6.07 Å². The molecule has 1 aromatic heterocycles. The van der Waals surface area contributed by atoms with E-state index in [1.807, 2.05) is 36.4 Å². The Kier molecular flexibility index (Phi) is 5.47. The lowest BCUT2D eigenvalue weighted by atomic mass is 10.2. The summed E-state index contributed by atoms with van der Waals surface area (Å²) in [5, 5.41) is 0. The third kappa shape index (κ3) is 4.40. The Balaban J connectivity index is 1.50. The van der Waals surface area contributed by atoms with Crippen LogP contribution in [0.2, 0.25) is 0 Å². The van der Waals surface area contributed by atoms with E-state index in [9.17, 15) is 4.79 Å². The molecule has 29 heavy (non-hydrogen) atoms. The monoisotopic (exact) mass is 392 g/mol. The van der Waals surface area contributed by atoms with Gasteiger partial charge in [0.25, 0.3) is 5.91 Å². The van der Waals surface area contributed by atoms with Crippen molar-refractivity contribution in [1.29, 1.82) is 0 Å². The van der Waals surface area contributed by atoms with Gasteiger partial charge in [-0.2, -0.15) is 0 Å². The molecule has 0 radical (unpaired) electrons. The second-order valence-electron chi connectivity index (χ2n) is 6.34. The molecule has 7 heteroatoms. The van der Waals surface area contributed by atoms with Crippen LogP contribution in [0.15, 0.2) is 67.0 Å². The molecule has 0 aliphatic carbocycles. The summed E-state index contributed by atoms with van der Waals surface area (Å²) in [6, 6.07) is 16.3. The van der Waals surface area contributed by atoms with E-state index in [1.54, 1.807) is 42.6 Å². The summed E-state index contributed by atoms with van der Waals surface area (Å²) in [7, 11) is 1.60. The van der Waals surface area contributed by atoms with E-state index in [2.05, 4.69) is 4.98 Å². The molecule has 1 aliphatic heterocycles. The molecule has 0 atom stereocenters. The number of carbonyl (C=O) groups is 1. The van der Waals surface area contributed by atoms with Gasteiger partial charge in [0, 0.05) is 24.1 Å². The van der Waals surface area contributed by atoms with Crippen molar-refractivity contribution in [3.8, 4) is 23.0 Å². The van der Waals surface area contributed by atoms with Gasteiger partial charge in [0.2, 0.25) is 6.79 Å². The molecule has 1 amide bonds. The number of ether oxygens (including phenoxy) is 4. The summed E-state index contributed by atoms with van der Waals surface area (Å²) < 4.78 is 21.6. The Morgan fingerprint density at radius 1 is 1.07 bits per heavy atom. The minimum atomic E-state index is -0.184. The molecule has 1 aliphatic rings. The molecule has 0 spiro atoms. The van der Waals surface area contributed by atoms with Gasteiger partial charge in [0.05, 0.1) is 13.7 Å². The third-order valence-electron chi connectivity index (χ3n) is 4.45. The maximum Gasteiger partial charge on any atom is 0.265 e. The van der Waals surface area contributed by atoms with Crippen LogP contribution in [-0.2, 0) is 11.3 Å². The lowest BCUT2D eigenvalue weighted by molar-refractivity contribution is -0.120. The topological polar surface area (TPSA) is 70.1 Å². The molecule has 2 aromatic carbocycles. The van der Waals surface area contributed by atoms with Crippen LogP contribution < -0.4 is 23.8 Å². The molecule has 0 unspecified atom stereocenters. The molecule has 0 saturated heterocycles. The Bertz CT molecular complexity index is 976. The number of methoxy groups -OCH3 is 1. The highest BCUT2D eigenvalue weighted by Gasteiger charge is 2.19. The minimum absolute atomic E-state index is 0.119. The third-order valence-corrected chi connectivity index (χ3v) is 4.45. The normalized spacial score (nSPS) is 11.8. The molecule has 148 valence electrons. The summed E-state index contributed by atoms with van der Waals surface area (Å²) in [4.78, 5) is 18.8. The van der Waals surface area contributed by atoms with Crippen molar-refractivity contribution in [2.45, 2.75) is 6.54 Å². The second kappa shape index (κ2) is 8.52. The van der Waals surface area contributed by atoms with Gasteiger partial charge < -0.3 is 23.8 Å². The number of carbonyl (C=O) groups excluding carboxylic acids is 1. The largest absolute Gasteiger partial charge is 0.497 e.